The second-order valence-corrected chi connectivity index (χ2v) is 6.79. The lowest BCUT2D eigenvalue weighted by atomic mass is 10.2. The molecule has 0 fully saturated rings. The molecule has 21 heavy (non-hydrogen) atoms. The Bertz CT molecular complexity index is 609. The van der Waals surface area contributed by atoms with Crippen molar-refractivity contribution < 1.29 is 4.79 Å². The molecule has 0 saturated carbocycles. The van der Waals surface area contributed by atoms with Crippen LogP contribution in [0.1, 0.15) is 34.4 Å². The summed E-state index contributed by atoms with van der Waals surface area (Å²) in [5, 5.41) is 2.79. The van der Waals surface area contributed by atoms with Gasteiger partial charge < -0.3 is 15.5 Å². The molecule has 2 aromatic rings. The monoisotopic (exact) mass is 324 g/mol. The maximum atomic E-state index is 12.6. The Labute approximate surface area is 133 Å². The topological polar surface area (TPSA) is 62.5 Å². The van der Waals surface area contributed by atoms with Gasteiger partial charge in [0.1, 0.15) is 10.7 Å². The molecule has 0 aromatic carbocycles. The second-order valence-electron chi connectivity index (χ2n) is 4.83. The molecule has 0 saturated heterocycles. The SMILES string of the molecule is CCN(C)c1nc(N)c(C(=O)N(C)C(C)c2cccs2)s1. The fourth-order valence-electron chi connectivity index (χ4n) is 1.83. The Morgan fingerprint density at radius 3 is 2.76 bits per heavy atom. The van der Waals surface area contributed by atoms with E-state index in [2.05, 4.69) is 4.98 Å². The molecule has 0 aliphatic rings. The summed E-state index contributed by atoms with van der Waals surface area (Å²) < 4.78 is 0. The van der Waals surface area contributed by atoms with Crippen molar-refractivity contribution in [3.8, 4) is 0 Å². The van der Waals surface area contributed by atoms with Crippen molar-refractivity contribution in [2.24, 2.45) is 0 Å². The molecule has 2 aromatic heterocycles. The van der Waals surface area contributed by atoms with Crippen molar-refractivity contribution in [1.82, 2.24) is 9.88 Å². The average molecular weight is 324 g/mol. The van der Waals surface area contributed by atoms with Crippen molar-refractivity contribution in [2.75, 3.05) is 31.3 Å². The number of hydrogen-bond acceptors (Lipinski definition) is 6. The molecule has 1 amide bonds. The molecule has 2 heterocycles. The molecule has 2 rings (SSSR count). The van der Waals surface area contributed by atoms with E-state index in [0.717, 1.165) is 16.6 Å². The third-order valence-corrected chi connectivity index (χ3v) is 5.71. The van der Waals surface area contributed by atoms with E-state index in [1.165, 1.54) is 11.3 Å². The zero-order valence-electron chi connectivity index (χ0n) is 12.7. The summed E-state index contributed by atoms with van der Waals surface area (Å²) in [4.78, 5) is 22.3. The van der Waals surface area contributed by atoms with E-state index in [4.69, 9.17) is 5.73 Å². The highest BCUT2D eigenvalue weighted by molar-refractivity contribution is 7.18. The van der Waals surface area contributed by atoms with Crippen LogP contribution < -0.4 is 10.6 Å². The van der Waals surface area contributed by atoms with Crippen LogP contribution in [0.4, 0.5) is 10.9 Å². The molecular formula is C14H20N4OS2. The van der Waals surface area contributed by atoms with Crippen molar-refractivity contribution in [3.63, 3.8) is 0 Å². The minimum atomic E-state index is -0.0818. The van der Waals surface area contributed by atoms with Gasteiger partial charge in [-0.15, -0.1) is 11.3 Å². The largest absolute Gasteiger partial charge is 0.382 e. The van der Waals surface area contributed by atoms with Crippen LogP contribution in [-0.2, 0) is 0 Å². The van der Waals surface area contributed by atoms with Crippen LogP contribution >= 0.6 is 22.7 Å². The Morgan fingerprint density at radius 2 is 2.19 bits per heavy atom. The molecule has 0 aliphatic carbocycles. The van der Waals surface area contributed by atoms with Gasteiger partial charge in [-0.3, -0.25) is 4.79 Å². The van der Waals surface area contributed by atoms with Crippen LogP contribution in [-0.4, -0.2) is 36.4 Å². The molecule has 0 aliphatic heterocycles. The van der Waals surface area contributed by atoms with Gasteiger partial charge in [-0.2, -0.15) is 0 Å². The van der Waals surface area contributed by atoms with Gasteiger partial charge in [-0.1, -0.05) is 17.4 Å². The first-order valence-electron chi connectivity index (χ1n) is 6.73. The number of carbonyl (C=O) groups is 1. The number of nitrogen functional groups attached to an aromatic ring is 1. The first-order chi connectivity index (χ1) is 9.95. The van der Waals surface area contributed by atoms with Crippen LogP contribution in [0.15, 0.2) is 17.5 Å². The summed E-state index contributed by atoms with van der Waals surface area (Å²) >= 11 is 2.99. The van der Waals surface area contributed by atoms with E-state index in [1.807, 2.05) is 43.3 Å². The Kier molecular flexibility index (Phi) is 4.84. The lowest BCUT2D eigenvalue weighted by molar-refractivity contribution is 0.0750. The molecule has 1 atom stereocenters. The van der Waals surface area contributed by atoms with Crippen LogP contribution in [0.5, 0.6) is 0 Å². The predicted molar refractivity (Wildman–Crippen MR) is 90.3 cm³/mol. The third-order valence-electron chi connectivity index (χ3n) is 3.49. The van der Waals surface area contributed by atoms with Gasteiger partial charge in [0.2, 0.25) is 0 Å². The fraction of sp³-hybridized carbons (Fsp3) is 0.429. The van der Waals surface area contributed by atoms with E-state index in [-0.39, 0.29) is 11.9 Å². The first kappa shape index (κ1) is 15.8. The predicted octanol–water partition coefficient (Wildman–Crippen LogP) is 3.08. The van der Waals surface area contributed by atoms with E-state index in [1.54, 1.807) is 23.3 Å². The van der Waals surface area contributed by atoms with Crippen molar-refractivity contribution in [1.29, 1.82) is 0 Å². The number of nitrogens with zero attached hydrogens (tertiary/aromatic N) is 3. The van der Waals surface area contributed by atoms with Gasteiger partial charge in [0.05, 0.1) is 6.04 Å². The number of anilines is 2. The zero-order valence-corrected chi connectivity index (χ0v) is 14.3. The minimum Gasteiger partial charge on any atom is -0.382 e. The Balaban J connectivity index is 2.21. The zero-order chi connectivity index (χ0) is 15.6. The molecule has 114 valence electrons. The van der Waals surface area contributed by atoms with Crippen LogP contribution in [0.3, 0.4) is 0 Å². The summed E-state index contributed by atoms with van der Waals surface area (Å²) in [6.45, 7) is 4.87. The normalized spacial score (nSPS) is 12.2. The number of thiazole rings is 1. The van der Waals surface area contributed by atoms with Crippen LogP contribution in [0.2, 0.25) is 0 Å². The summed E-state index contributed by atoms with van der Waals surface area (Å²) in [7, 11) is 3.74. The maximum Gasteiger partial charge on any atom is 0.268 e. The summed E-state index contributed by atoms with van der Waals surface area (Å²) in [6, 6.07) is 4.04. The van der Waals surface area contributed by atoms with Gasteiger partial charge in [0, 0.05) is 25.5 Å². The number of aromatic nitrogens is 1. The molecule has 5 nitrogen and oxygen atoms in total. The van der Waals surface area contributed by atoms with Crippen molar-refractivity contribution >= 4 is 39.5 Å². The molecular weight excluding hydrogens is 304 g/mol. The summed E-state index contributed by atoms with van der Waals surface area (Å²) in [5.41, 5.74) is 5.92. The van der Waals surface area contributed by atoms with Crippen LogP contribution in [0.25, 0.3) is 0 Å². The van der Waals surface area contributed by atoms with E-state index >= 15 is 0 Å². The molecule has 0 bridgehead atoms. The van der Waals surface area contributed by atoms with Crippen molar-refractivity contribution in [2.45, 2.75) is 19.9 Å². The summed E-state index contributed by atoms with van der Waals surface area (Å²) in [6.07, 6.45) is 0. The Morgan fingerprint density at radius 1 is 1.48 bits per heavy atom. The van der Waals surface area contributed by atoms with Gasteiger partial charge >= 0.3 is 0 Å². The number of rotatable bonds is 5. The number of nitrogens with two attached hydrogens (primary N) is 1. The highest BCUT2D eigenvalue weighted by Crippen LogP contribution is 2.31. The van der Waals surface area contributed by atoms with Crippen molar-refractivity contribution in [3.05, 3.63) is 27.3 Å². The van der Waals surface area contributed by atoms with Gasteiger partial charge in [0.15, 0.2) is 5.13 Å². The average Bonchev–Trinajstić information content (AvgIpc) is 3.13. The molecule has 0 radical (unpaired) electrons. The molecule has 2 N–H and O–H groups in total. The second kappa shape index (κ2) is 6.44. The molecule has 0 spiro atoms. The lowest BCUT2D eigenvalue weighted by Crippen LogP contribution is -2.29. The highest BCUT2D eigenvalue weighted by Gasteiger charge is 2.24. The number of thiophene rings is 1. The van der Waals surface area contributed by atoms with Gasteiger partial charge in [0.25, 0.3) is 5.91 Å². The quantitative estimate of drug-likeness (QED) is 0.918. The highest BCUT2D eigenvalue weighted by atomic mass is 32.1. The molecule has 1 unspecified atom stereocenters. The standard InChI is InChI=1S/C14H20N4OS2/c1-5-17(3)14-16-12(15)11(21-14)13(19)18(4)9(2)10-7-6-8-20-10/h6-9H,5,15H2,1-4H3. The summed E-state index contributed by atoms with van der Waals surface area (Å²) in [5.74, 6) is 0.229. The maximum absolute atomic E-state index is 12.6. The van der Waals surface area contributed by atoms with E-state index in [9.17, 15) is 4.79 Å². The third kappa shape index (κ3) is 3.19. The van der Waals surface area contributed by atoms with Gasteiger partial charge in [-0.05, 0) is 25.3 Å². The first-order valence-corrected chi connectivity index (χ1v) is 8.43. The number of amides is 1. The Hall–Kier alpha value is -1.60. The van der Waals surface area contributed by atoms with Crippen LogP contribution in [0, 0.1) is 0 Å². The fourth-order valence-corrected chi connectivity index (χ4v) is 3.65. The number of hydrogen-bond donors (Lipinski definition) is 1. The van der Waals surface area contributed by atoms with E-state index in [0.29, 0.717) is 10.7 Å². The lowest BCUT2D eigenvalue weighted by Gasteiger charge is -2.23. The van der Waals surface area contributed by atoms with Gasteiger partial charge in [-0.25, -0.2) is 4.98 Å². The van der Waals surface area contributed by atoms with E-state index < -0.39 is 0 Å². The molecule has 7 heteroatoms. The smallest absolute Gasteiger partial charge is 0.268 e. The number of carbonyl (C=O) groups excluding carboxylic acids is 1. The minimum absolute atomic E-state index is 0.0198.